The van der Waals surface area contributed by atoms with Gasteiger partial charge in [-0.2, -0.15) is 5.10 Å². The normalized spacial score (nSPS) is 11.9. The Hall–Kier alpha value is -0.920. The average molecular weight is 219 g/mol. The third-order valence-electron chi connectivity index (χ3n) is 1.70. The molecule has 0 aromatic carbocycles. The number of nitrogens with one attached hydrogen (secondary N) is 2. The Morgan fingerprint density at radius 1 is 1.64 bits per heavy atom. The van der Waals surface area contributed by atoms with Crippen LogP contribution in [-0.4, -0.2) is 36.9 Å². The van der Waals surface area contributed by atoms with E-state index in [0.717, 1.165) is 0 Å². The predicted molar refractivity (Wildman–Crippen MR) is 50.2 cm³/mol. The topological polar surface area (TPSA) is 95.1 Å². The number of aliphatic hydroxyl groups is 1. The van der Waals surface area contributed by atoms with Crippen molar-refractivity contribution in [1.29, 1.82) is 0 Å². The lowest BCUT2D eigenvalue weighted by atomic mass is 10.5. The second-order valence-electron chi connectivity index (χ2n) is 2.83. The number of rotatable bonds is 5. The largest absolute Gasteiger partial charge is 0.396 e. The van der Waals surface area contributed by atoms with Crippen LogP contribution in [0, 0.1) is 6.92 Å². The average Bonchev–Trinajstić information content (AvgIpc) is 2.52. The van der Waals surface area contributed by atoms with Gasteiger partial charge in [0, 0.05) is 13.2 Å². The van der Waals surface area contributed by atoms with Crippen LogP contribution in [0.4, 0.5) is 0 Å². The zero-order valence-corrected chi connectivity index (χ0v) is 8.63. The van der Waals surface area contributed by atoms with Crippen LogP contribution in [0.5, 0.6) is 0 Å². The van der Waals surface area contributed by atoms with Crippen LogP contribution in [0.15, 0.2) is 11.1 Å². The third-order valence-corrected chi connectivity index (χ3v) is 3.27. The molecule has 0 saturated heterocycles. The smallest absolute Gasteiger partial charge is 0.243 e. The quantitative estimate of drug-likeness (QED) is 0.575. The molecule has 0 unspecified atom stereocenters. The van der Waals surface area contributed by atoms with Gasteiger partial charge in [0.2, 0.25) is 10.0 Å². The molecule has 0 amide bonds. The molecule has 0 saturated carbocycles. The van der Waals surface area contributed by atoms with Gasteiger partial charge in [-0.05, 0) is 13.3 Å². The summed E-state index contributed by atoms with van der Waals surface area (Å²) in [6.45, 7) is 1.82. The first-order chi connectivity index (χ1) is 6.58. The highest BCUT2D eigenvalue weighted by atomic mass is 32.2. The number of nitrogens with zero attached hydrogens (tertiary/aromatic N) is 1. The van der Waals surface area contributed by atoms with Crippen molar-refractivity contribution in [2.24, 2.45) is 0 Å². The summed E-state index contributed by atoms with van der Waals surface area (Å²) in [6.07, 6.45) is 1.66. The number of H-pyrrole nitrogens is 1. The van der Waals surface area contributed by atoms with E-state index in [4.69, 9.17) is 5.11 Å². The highest BCUT2D eigenvalue weighted by molar-refractivity contribution is 7.89. The molecule has 0 bridgehead atoms. The molecule has 0 aliphatic rings. The van der Waals surface area contributed by atoms with Gasteiger partial charge in [0.25, 0.3) is 0 Å². The molecule has 1 heterocycles. The van der Waals surface area contributed by atoms with Gasteiger partial charge in [0.1, 0.15) is 4.90 Å². The van der Waals surface area contributed by atoms with E-state index in [1.54, 1.807) is 6.92 Å². The summed E-state index contributed by atoms with van der Waals surface area (Å²) < 4.78 is 25.4. The summed E-state index contributed by atoms with van der Waals surface area (Å²) >= 11 is 0. The van der Waals surface area contributed by atoms with Crippen LogP contribution in [0.1, 0.15) is 12.1 Å². The van der Waals surface area contributed by atoms with Crippen LogP contribution < -0.4 is 4.72 Å². The summed E-state index contributed by atoms with van der Waals surface area (Å²) in [5, 5.41) is 14.7. The number of sulfonamides is 1. The molecule has 0 aliphatic carbocycles. The molecule has 7 heteroatoms. The van der Waals surface area contributed by atoms with E-state index < -0.39 is 10.0 Å². The lowest BCUT2D eigenvalue weighted by Gasteiger charge is -2.03. The number of hydrogen-bond donors (Lipinski definition) is 3. The predicted octanol–water partition coefficient (Wildman–Crippen LogP) is -0.621. The minimum atomic E-state index is -3.47. The zero-order valence-electron chi connectivity index (χ0n) is 7.82. The SMILES string of the molecule is Cc1[nH]ncc1S(=O)(=O)NCCCO. The van der Waals surface area contributed by atoms with E-state index in [2.05, 4.69) is 14.9 Å². The Labute approximate surface area is 82.4 Å². The summed E-state index contributed by atoms with van der Waals surface area (Å²) in [4.78, 5) is 0.149. The van der Waals surface area contributed by atoms with Crippen molar-refractivity contribution >= 4 is 10.0 Å². The minimum Gasteiger partial charge on any atom is -0.396 e. The number of hydrogen-bond acceptors (Lipinski definition) is 4. The van der Waals surface area contributed by atoms with Gasteiger partial charge in [0.15, 0.2) is 0 Å². The van der Waals surface area contributed by atoms with Crippen LogP contribution in [-0.2, 0) is 10.0 Å². The Kier molecular flexibility index (Phi) is 3.62. The second-order valence-corrected chi connectivity index (χ2v) is 4.57. The molecule has 0 aliphatic heterocycles. The monoisotopic (exact) mass is 219 g/mol. The Bertz CT molecular complexity index is 385. The molecule has 0 fully saturated rings. The van der Waals surface area contributed by atoms with Crippen molar-refractivity contribution in [3.05, 3.63) is 11.9 Å². The van der Waals surface area contributed by atoms with Crippen molar-refractivity contribution in [2.75, 3.05) is 13.2 Å². The van der Waals surface area contributed by atoms with Crippen LogP contribution in [0.3, 0.4) is 0 Å². The van der Waals surface area contributed by atoms with Crippen molar-refractivity contribution in [3.63, 3.8) is 0 Å². The number of aliphatic hydroxyl groups excluding tert-OH is 1. The fourth-order valence-corrected chi connectivity index (χ4v) is 2.18. The van der Waals surface area contributed by atoms with Crippen LogP contribution in [0.25, 0.3) is 0 Å². The number of aromatic amines is 1. The molecule has 1 rings (SSSR count). The molecule has 0 radical (unpaired) electrons. The van der Waals surface area contributed by atoms with Gasteiger partial charge in [-0.1, -0.05) is 0 Å². The maximum absolute atomic E-state index is 11.5. The van der Waals surface area contributed by atoms with E-state index in [1.165, 1.54) is 6.20 Å². The first-order valence-corrected chi connectivity index (χ1v) is 5.67. The van der Waals surface area contributed by atoms with Crippen molar-refractivity contribution in [2.45, 2.75) is 18.2 Å². The van der Waals surface area contributed by atoms with Crippen LogP contribution >= 0.6 is 0 Å². The highest BCUT2D eigenvalue weighted by Crippen LogP contribution is 2.10. The molecule has 3 N–H and O–H groups in total. The standard InChI is InChI=1S/C7H13N3O3S/c1-6-7(5-8-10-6)14(12,13)9-3-2-4-11/h5,9,11H,2-4H2,1H3,(H,8,10). The lowest BCUT2D eigenvalue weighted by Crippen LogP contribution is -2.25. The molecule has 80 valence electrons. The fraction of sp³-hybridized carbons (Fsp3) is 0.571. The van der Waals surface area contributed by atoms with E-state index in [1.807, 2.05) is 0 Å². The molecule has 0 atom stereocenters. The number of aromatic nitrogens is 2. The molecule has 1 aromatic heterocycles. The van der Waals surface area contributed by atoms with Crippen molar-refractivity contribution in [3.8, 4) is 0 Å². The maximum atomic E-state index is 11.5. The highest BCUT2D eigenvalue weighted by Gasteiger charge is 2.17. The van der Waals surface area contributed by atoms with Gasteiger partial charge in [-0.3, -0.25) is 5.10 Å². The van der Waals surface area contributed by atoms with E-state index >= 15 is 0 Å². The summed E-state index contributed by atoms with van der Waals surface area (Å²) in [7, 11) is -3.47. The lowest BCUT2D eigenvalue weighted by molar-refractivity contribution is 0.289. The summed E-state index contributed by atoms with van der Waals surface area (Å²) in [6, 6.07) is 0. The van der Waals surface area contributed by atoms with Crippen molar-refractivity contribution in [1.82, 2.24) is 14.9 Å². The Morgan fingerprint density at radius 3 is 2.86 bits per heavy atom. The zero-order chi connectivity index (χ0) is 10.6. The Balaban J connectivity index is 2.72. The second kappa shape index (κ2) is 4.54. The summed E-state index contributed by atoms with van der Waals surface area (Å²) in [5.41, 5.74) is 0.501. The van der Waals surface area contributed by atoms with Crippen LogP contribution in [0.2, 0.25) is 0 Å². The van der Waals surface area contributed by atoms with Crippen molar-refractivity contribution < 1.29 is 13.5 Å². The van der Waals surface area contributed by atoms with E-state index in [-0.39, 0.29) is 18.0 Å². The van der Waals surface area contributed by atoms with Gasteiger partial charge in [-0.25, -0.2) is 13.1 Å². The van der Waals surface area contributed by atoms with Gasteiger partial charge < -0.3 is 5.11 Å². The maximum Gasteiger partial charge on any atom is 0.243 e. The number of aryl methyl sites for hydroxylation is 1. The van der Waals surface area contributed by atoms with Gasteiger partial charge in [0.05, 0.1) is 11.9 Å². The first kappa shape index (κ1) is 11.2. The first-order valence-electron chi connectivity index (χ1n) is 4.18. The fourth-order valence-electron chi connectivity index (χ4n) is 0.974. The molecule has 6 nitrogen and oxygen atoms in total. The molecular formula is C7H13N3O3S. The summed E-state index contributed by atoms with van der Waals surface area (Å²) in [5.74, 6) is 0. The van der Waals surface area contributed by atoms with E-state index in [0.29, 0.717) is 12.1 Å². The third kappa shape index (κ3) is 2.53. The van der Waals surface area contributed by atoms with E-state index in [9.17, 15) is 8.42 Å². The molecular weight excluding hydrogens is 206 g/mol. The molecule has 14 heavy (non-hydrogen) atoms. The Morgan fingerprint density at radius 2 is 2.36 bits per heavy atom. The molecule has 0 spiro atoms. The van der Waals surface area contributed by atoms with Gasteiger partial charge in [-0.15, -0.1) is 0 Å². The minimum absolute atomic E-state index is 0.0348. The molecule has 1 aromatic rings. The van der Waals surface area contributed by atoms with Gasteiger partial charge >= 0.3 is 0 Å².